The highest BCUT2D eigenvalue weighted by Gasteiger charge is 2.30. The van der Waals surface area contributed by atoms with Crippen molar-refractivity contribution in [2.24, 2.45) is 23.7 Å². The Morgan fingerprint density at radius 1 is 0.808 bits per heavy atom. The van der Waals surface area contributed by atoms with E-state index in [9.17, 15) is 0 Å². The fourth-order valence-corrected chi connectivity index (χ4v) is 5.91. The van der Waals surface area contributed by atoms with Crippen molar-refractivity contribution in [2.45, 2.75) is 104 Å². The van der Waals surface area contributed by atoms with Gasteiger partial charge in [-0.05, 0) is 85.7 Å². The van der Waals surface area contributed by atoms with Crippen LogP contribution in [0.5, 0.6) is 0 Å². The molecule has 2 saturated carbocycles. The first-order valence-electron chi connectivity index (χ1n) is 11.8. The second-order valence-electron chi connectivity index (χ2n) is 9.64. The van der Waals surface area contributed by atoms with Crippen molar-refractivity contribution in [3.8, 4) is 0 Å². The summed E-state index contributed by atoms with van der Waals surface area (Å²) in [5.41, 5.74) is 3.15. The number of rotatable bonds is 7. The number of benzene rings is 1. The summed E-state index contributed by atoms with van der Waals surface area (Å²) in [7, 11) is 0. The largest absolute Gasteiger partial charge is 0.0654 e. The van der Waals surface area contributed by atoms with Crippen molar-refractivity contribution in [3.05, 3.63) is 35.4 Å². The second kappa shape index (κ2) is 9.95. The molecule has 2 fully saturated rings. The fraction of sp³-hybridized carbons (Fsp3) is 0.769. The van der Waals surface area contributed by atoms with Crippen LogP contribution in [0.2, 0.25) is 0 Å². The molecule has 0 heteroatoms. The third-order valence-corrected chi connectivity index (χ3v) is 7.72. The summed E-state index contributed by atoms with van der Waals surface area (Å²) in [6, 6.07) is 9.73. The summed E-state index contributed by atoms with van der Waals surface area (Å²) in [5.74, 6) is 4.80. The van der Waals surface area contributed by atoms with Gasteiger partial charge in [-0.3, -0.25) is 0 Å². The van der Waals surface area contributed by atoms with Crippen LogP contribution in [0, 0.1) is 23.7 Å². The van der Waals surface area contributed by atoms with E-state index in [1.165, 1.54) is 82.6 Å². The van der Waals surface area contributed by atoms with Gasteiger partial charge in [0, 0.05) is 0 Å². The van der Waals surface area contributed by atoms with Crippen LogP contribution >= 0.6 is 0 Å². The predicted octanol–water partition coefficient (Wildman–Crippen LogP) is 8.16. The molecule has 146 valence electrons. The molecule has 2 aliphatic rings. The standard InChI is InChI=1S/C26H42/c1-4-6-20(3)19-22-9-13-24(14-10-22)26-17-15-25(16-18-26)23-11-7-21(5-2)8-12-23/h9-10,13-14,20-21,23,25-26H,4-8,11-12,15-19H2,1-3H3. The highest BCUT2D eigenvalue weighted by molar-refractivity contribution is 5.26. The molecular formula is C26H42. The van der Waals surface area contributed by atoms with Gasteiger partial charge in [0.15, 0.2) is 0 Å². The van der Waals surface area contributed by atoms with Gasteiger partial charge in [0.05, 0.1) is 0 Å². The molecule has 0 bridgehead atoms. The number of hydrogen-bond acceptors (Lipinski definition) is 0. The van der Waals surface area contributed by atoms with Crippen LogP contribution in [0.25, 0.3) is 0 Å². The molecule has 1 unspecified atom stereocenters. The van der Waals surface area contributed by atoms with Crippen LogP contribution in [0.3, 0.4) is 0 Å². The second-order valence-corrected chi connectivity index (χ2v) is 9.64. The Labute approximate surface area is 163 Å². The predicted molar refractivity (Wildman–Crippen MR) is 115 cm³/mol. The Morgan fingerprint density at radius 2 is 1.38 bits per heavy atom. The van der Waals surface area contributed by atoms with E-state index in [2.05, 4.69) is 45.0 Å². The molecule has 1 aromatic rings. The molecule has 3 rings (SSSR count). The van der Waals surface area contributed by atoms with E-state index in [4.69, 9.17) is 0 Å². The molecule has 1 aromatic carbocycles. The van der Waals surface area contributed by atoms with E-state index in [1.807, 2.05) is 0 Å². The van der Waals surface area contributed by atoms with E-state index in [0.29, 0.717) is 0 Å². The molecule has 0 saturated heterocycles. The van der Waals surface area contributed by atoms with E-state index in [-0.39, 0.29) is 0 Å². The number of hydrogen-bond donors (Lipinski definition) is 0. The van der Waals surface area contributed by atoms with E-state index >= 15 is 0 Å². The monoisotopic (exact) mass is 354 g/mol. The zero-order valence-corrected chi connectivity index (χ0v) is 17.7. The summed E-state index contributed by atoms with van der Waals surface area (Å²) in [4.78, 5) is 0. The molecule has 0 aromatic heterocycles. The molecular weight excluding hydrogens is 312 g/mol. The van der Waals surface area contributed by atoms with Gasteiger partial charge in [-0.1, -0.05) is 77.1 Å². The third kappa shape index (κ3) is 5.37. The fourth-order valence-electron chi connectivity index (χ4n) is 5.91. The van der Waals surface area contributed by atoms with Crippen LogP contribution in [-0.2, 0) is 6.42 Å². The Hall–Kier alpha value is -0.780. The lowest BCUT2D eigenvalue weighted by molar-refractivity contribution is 0.158. The van der Waals surface area contributed by atoms with Crippen molar-refractivity contribution in [1.29, 1.82) is 0 Å². The summed E-state index contributed by atoms with van der Waals surface area (Å²) in [6.07, 6.45) is 17.2. The topological polar surface area (TPSA) is 0 Å². The SMILES string of the molecule is CCCC(C)Cc1ccc(C2CCC(C3CCC(CC)CC3)CC2)cc1. The van der Waals surface area contributed by atoms with Crippen LogP contribution in [0.1, 0.15) is 108 Å². The molecule has 0 radical (unpaired) electrons. The van der Waals surface area contributed by atoms with Gasteiger partial charge < -0.3 is 0 Å². The van der Waals surface area contributed by atoms with Crippen LogP contribution in [-0.4, -0.2) is 0 Å². The highest BCUT2D eigenvalue weighted by atomic mass is 14.4. The maximum Gasteiger partial charge on any atom is -0.0162 e. The van der Waals surface area contributed by atoms with Crippen molar-refractivity contribution in [3.63, 3.8) is 0 Å². The zero-order valence-electron chi connectivity index (χ0n) is 17.7. The van der Waals surface area contributed by atoms with Crippen molar-refractivity contribution in [1.82, 2.24) is 0 Å². The Bertz CT molecular complexity index is 497. The van der Waals surface area contributed by atoms with Crippen LogP contribution in [0.15, 0.2) is 24.3 Å². The molecule has 0 amide bonds. The van der Waals surface area contributed by atoms with Crippen LogP contribution in [0.4, 0.5) is 0 Å². The van der Waals surface area contributed by atoms with Crippen molar-refractivity contribution in [2.75, 3.05) is 0 Å². The van der Waals surface area contributed by atoms with Crippen molar-refractivity contribution < 1.29 is 0 Å². The van der Waals surface area contributed by atoms with Gasteiger partial charge in [0.25, 0.3) is 0 Å². The minimum Gasteiger partial charge on any atom is -0.0654 e. The average Bonchev–Trinajstić information content (AvgIpc) is 2.69. The van der Waals surface area contributed by atoms with Crippen LogP contribution < -0.4 is 0 Å². The lowest BCUT2D eigenvalue weighted by Crippen LogP contribution is -2.25. The molecule has 0 aliphatic heterocycles. The van der Waals surface area contributed by atoms with E-state index in [1.54, 1.807) is 5.56 Å². The van der Waals surface area contributed by atoms with Gasteiger partial charge in [-0.15, -0.1) is 0 Å². The first-order chi connectivity index (χ1) is 12.7. The van der Waals surface area contributed by atoms with Crippen molar-refractivity contribution >= 4 is 0 Å². The first kappa shape index (κ1) is 20.0. The smallest absolute Gasteiger partial charge is 0.0162 e. The molecule has 26 heavy (non-hydrogen) atoms. The van der Waals surface area contributed by atoms with Gasteiger partial charge in [0.2, 0.25) is 0 Å². The maximum atomic E-state index is 2.45. The summed E-state index contributed by atoms with van der Waals surface area (Å²) in [5, 5.41) is 0. The summed E-state index contributed by atoms with van der Waals surface area (Å²) >= 11 is 0. The lowest BCUT2D eigenvalue weighted by Gasteiger charge is -2.38. The Kier molecular flexibility index (Phi) is 7.64. The minimum absolute atomic E-state index is 0.823. The maximum absolute atomic E-state index is 2.45. The highest BCUT2D eigenvalue weighted by Crippen LogP contribution is 2.44. The van der Waals surface area contributed by atoms with Gasteiger partial charge >= 0.3 is 0 Å². The Morgan fingerprint density at radius 3 is 1.92 bits per heavy atom. The van der Waals surface area contributed by atoms with Gasteiger partial charge in [-0.25, -0.2) is 0 Å². The molecule has 0 nitrogen and oxygen atoms in total. The third-order valence-electron chi connectivity index (χ3n) is 7.72. The quantitative estimate of drug-likeness (QED) is 0.463. The molecule has 0 heterocycles. The lowest BCUT2D eigenvalue weighted by atomic mass is 9.68. The average molecular weight is 355 g/mol. The summed E-state index contributed by atoms with van der Waals surface area (Å²) < 4.78 is 0. The molecule has 0 spiro atoms. The zero-order chi connectivity index (χ0) is 18.4. The normalized spacial score (nSPS) is 30.9. The molecule has 2 aliphatic carbocycles. The Balaban J connectivity index is 1.46. The molecule has 1 atom stereocenters. The van der Waals surface area contributed by atoms with E-state index < -0.39 is 0 Å². The molecule has 0 N–H and O–H groups in total. The first-order valence-corrected chi connectivity index (χ1v) is 11.8. The minimum atomic E-state index is 0.823. The van der Waals surface area contributed by atoms with Gasteiger partial charge in [0.1, 0.15) is 0 Å². The van der Waals surface area contributed by atoms with Gasteiger partial charge in [-0.2, -0.15) is 0 Å². The summed E-state index contributed by atoms with van der Waals surface area (Å²) in [6.45, 7) is 7.07. The van der Waals surface area contributed by atoms with E-state index in [0.717, 1.165) is 29.6 Å².